The van der Waals surface area contributed by atoms with Crippen LogP contribution in [-0.4, -0.2) is 15.3 Å². The summed E-state index contributed by atoms with van der Waals surface area (Å²) in [6.45, 7) is 6.19. The first-order chi connectivity index (χ1) is 3.77. The predicted molar refractivity (Wildman–Crippen MR) is 33.9 cm³/mol. The third-order valence-electron chi connectivity index (χ3n) is 0.262. The van der Waals surface area contributed by atoms with E-state index in [-0.39, 0.29) is 0 Å². The van der Waals surface area contributed by atoms with E-state index in [0.717, 1.165) is 0 Å². The number of hydrogen-bond donors (Lipinski definition) is 1. The molecule has 4 heteroatoms. The second kappa shape index (κ2) is 10.1. The number of rotatable bonds is 2. The van der Waals surface area contributed by atoms with E-state index in [2.05, 4.69) is 4.72 Å². The summed E-state index contributed by atoms with van der Waals surface area (Å²) in [7, 11) is 0. The van der Waals surface area contributed by atoms with Gasteiger partial charge in [0.2, 0.25) is 0 Å². The van der Waals surface area contributed by atoms with Crippen LogP contribution in [0.4, 0.5) is 0 Å². The normalized spacial score (nSPS) is 11.5. The van der Waals surface area contributed by atoms with Gasteiger partial charge >= 0.3 is 0 Å². The first-order valence-electron chi connectivity index (χ1n) is 2.60. The molecule has 0 spiro atoms. The lowest BCUT2D eigenvalue weighted by atomic mass is 10.8. The maximum Gasteiger partial charge on any atom is 0.0180 e. The Morgan fingerprint density at radius 1 is 1.62 bits per heavy atom. The van der Waals surface area contributed by atoms with Crippen molar-refractivity contribution in [3.8, 4) is 0 Å². The number of nitrogens with one attached hydrogen (secondary N) is 1. The minimum absolute atomic E-state index is 0.468. The van der Waals surface area contributed by atoms with Crippen LogP contribution in [0.15, 0.2) is 0 Å². The monoisotopic (exact) mass is 138 g/mol. The fourth-order valence-electron chi connectivity index (χ4n) is 0.118. The molecule has 0 rings (SSSR count). The van der Waals surface area contributed by atoms with Crippen LogP contribution in [0.2, 0.25) is 0 Å². The molecule has 0 fully saturated rings. The van der Waals surface area contributed by atoms with Crippen LogP contribution < -0.4 is 4.72 Å². The Morgan fingerprint density at radius 3 is 2.00 bits per heavy atom. The molecular formula is C4H12NO2S-. The van der Waals surface area contributed by atoms with Crippen LogP contribution in [0.25, 0.3) is 0 Å². The van der Waals surface area contributed by atoms with E-state index in [0.29, 0.717) is 6.54 Å². The van der Waals surface area contributed by atoms with E-state index in [1.807, 2.05) is 13.8 Å². The highest BCUT2D eigenvalue weighted by Crippen LogP contribution is 1.56. The molecule has 0 aromatic heterocycles. The summed E-state index contributed by atoms with van der Waals surface area (Å²) in [5.74, 6) is 0. The summed E-state index contributed by atoms with van der Waals surface area (Å²) in [5.41, 5.74) is 0. The molecule has 52 valence electrons. The lowest BCUT2D eigenvalue weighted by molar-refractivity contribution is 0.525. The van der Waals surface area contributed by atoms with Gasteiger partial charge in [-0.25, -0.2) is 4.72 Å². The van der Waals surface area contributed by atoms with Crippen molar-refractivity contribution < 1.29 is 8.76 Å². The topological polar surface area (TPSA) is 52.2 Å². The minimum Gasteiger partial charge on any atom is -0.760 e. The summed E-state index contributed by atoms with van der Waals surface area (Å²) in [6.07, 6.45) is 0. The molecule has 8 heavy (non-hydrogen) atoms. The molecule has 0 aliphatic rings. The van der Waals surface area contributed by atoms with Crippen LogP contribution >= 0.6 is 0 Å². The van der Waals surface area contributed by atoms with Gasteiger partial charge in [0, 0.05) is 17.8 Å². The molecule has 0 aliphatic heterocycles. The van der Waals surface area contributed by atoms with Gasteiger partial charge in [-0.3, -0.25) is 4.21 Å². The van der Waals surface area contributed by atoms with Gasteiger partial charge in [0.05, 0.1) is 0 Å². The lowest BCUT2D eigenvalue weighted by Gasteiger charge is -2.00. The highest BCUT2D eigenvalue weighted by Gasteiger charge is 1.68. The molecule has 0 aromatic rings. The standard InChI is InChI=1S/C2H7NO2S.C2H6/c1-2-3-6(4)5;1-2/h3H,2H2,1H3,(H,4,5);1-2H3/p-1. The third kappa shape index (κ3) is 16.6. The summed E-state index contributed by atoms with van der Waals surface area (Å²) in [5, 5.41) is 0. The van der Waals surface area contributed by atoms with Gasteiger partial charge in [-0.1, -0.05) is 20.8 Å². The molecule has 0 bridgehead atoms. The first kappa shape index (κ1) is 10.9. The van der Waals surface area contributed by atoms with E-state index in [1.165, 1.54) is 0 Å². The van der Waals surface area contributed by atoms with Crippen LogP contribution in [0.5, 0.6) is 0 Å². The Balaban J connectivity index is 0. The van der Waals surface area contributed by atoms with Crippen molar-refractivity contribution in [3.63, 3.8) is 0 Å². The average molecular weight is 138 g/mol. The van der Waals surface area contributed by atoms with Gasteiger partial charge < -0.3 is 4.55 Å². The minimum atomic E-state index is -2.07. The van der Waals surface area contributed by atoms with Crippen LogP contribution in [0, 0.1) is 0 Å². The van der Waals surface area contributed by atoms with Crippen molar-refractivity contribution in [1.82, 2.24) is 4.72 Å². The summed E-state index contributed by atoms with van der Waals surface area (Å²) < 4.78 is 21.1. The maximum absolute atomic E-state index is 9.49. The SMILES string of the molecule is CC.CCNS(=O)[O-]. The van der Waals surface area contributed by atoms with Crippen LogP contribution in [0.1, 0.15) is 20.8 Å². The van der Waals surface area contributed by atoms with Gasteiger partial charge in [0.1, 0.15) is 0 Å². The molecule has 0 saturated heterocycles. The molecule has 0 saturated carbocycles. The smallest absolute Gasteiger partial charge is 0.0180 e. The van der Waals surface area contributed by atoms with Gasteiger partial charge in [-0.2, -0.15) is 0 Å². The van der Waals surface area contributed by atoms with Gasteiger partial charge in [0.25, 0.3) is 0 Å². The summed E-state index contributed by atoms with van der Waals surface area (Å²) in [4.78, 5) is 0. The highest BCUT2D eigenvalue weighted by atomic mass is 32.2. The van der Waals surface area contributed by atoms with E-state index >= 15 is 0 Å². The quantitative estimate of drug-likeness (QED) is 0.562. The van der Waals surface area contributed by atoms with E-state index in [9.17, 15) is 8.76 Å². The maximum atomic E-state index is 9.49. The Labute approximate surface area is 52.9 Å². The number of hydrogen-bond acceptors (Lipinski definition) is 2. The van der Waals surface area contributed by atoms with Crippen LogP contribution in [-0.2, 0) is 11.3 Å². The lowest BCUT2D eigenvalue weighted by Crippen LogP contribution is -2.14. The highest BCUT2D eigenvalue weighted by molar-refractivity contribution is 7.77. The predicted octanol–water partition coefficient (Wildman–Crippen LogP) is 0.416. The van der Waals surface area contributed by atoms with Gasteiger partial charge in [-0.15, -0.1) is 0 Å². The molecule has 3 nitrogen and oxygen atoms in total. The summed E-state index contributed by atoms with van der Waals surface area (Å²) in [6, 6.07) is 0. The molecule has 0 radical (unpaired) electrons. The van der Waals surface area contributed by atoms with Gasteiger partial charge in [0.15, 0.2) is 0 Å². The molecular weight excluding hydrogens is 126 g/mol. The van der Waals surface area contributed by atoms with Crippen LogP contribution in [0.3, 0.4) is 0 Å². The fraction of sp³-hybridized carbons (Fsp3) is 1.00. The molecule has 0 heterocycles. The Kier molecular flexibility index (Phi) is 13.9. The van der Waals surface area contributed by atoms with Crippen molar-refractivity contribution in [1.29, 1.82) is 0 Å². The molecule has 1 atom stereocenters. The molecule has 0 amide bonds. The molecule has 1 N–H and O–H groups in total. The fourth-order valence-corrected chi connectivity index (χ4v) is 0.354. The zero-order valence-electron chi connectivity index (χ0n) is 5.43. The Hall–Kier alpha value is 0.0700. The molecule has 1 unspecified atom stereocenters. The van der Waals surface area contributed by atoms with Crippen molar-refractivity contribution in [3.05, 3.63) is 0 Å². The van der Waals surface area contributed by atoms with Crippen molar-refractivity contribution in [2.24, 2.45) is 0 Å². The van der Waals surface area contributed by atoms with Crippen molar-refractivity contribution in [2.45, 2.75) is 20.8 Å². The third-order valence-corrected chi connectivity index (χ3v) is 0.787. The Bertz CT molecular complexity index is 58.0. The molecule has 0 aliphatic carbocycles. The van der Waals surface area contributed by atoms with E-state index < -0.39 is 11.3 Å². The molecule has 0 aromatic carbocycles. The van der Waals surface area contributed by atoms with Crippen molar-refractivity contribution >= 4 is 11.3 Å². The summed E-state index contributed by atoms with van der Waals surface area (Å²) >= 11 is -2.07. The Morgan fingerprint density at radius 2 is 2.00 bits per heavy atom. The van der Waals surface area contributed by atoms with E-state index in [4.69, 9.17) is 0 Å². The second-order valence-electron chi connectivity index (χ2n) is 0.733. The van der Waals surface area contributed by atoms with Gasteiger partial charge in [-0.05, 0) is 0 Å². The van der Waals surface area contributed by atoms with Crippen molar-refractivity contribution in [2.75, 3.05) is 6.54 Å². The van der Waals surface area contributed by atoms with E-state index in [1.54, 1.807) is 6.92 Å². The first-order valence-corrected chi connectivity index (χ1v) is 3.67. The zero-order valence-corrected chi connectivity index (χ0v) is 6.25. The average Bonchev–Trinajstić information content (AvgIpc) is 1.72. The second-order valence-corrected chi connectivity index (χ2v) is 1.49. The largest absolute Gasteiger partial charge is 0.760 e. The zero-order chi connectivity index (χ0) is 6.99.